The summed E-state index contributed by atoms with van der Waals surface area (Å²) < 4.78 is 0. The summed E-state index contributed by atoms with van der Waals surface area (Å²) in [5, 5.41) is 0. The van der Waals surface area contributed by atoms with E-state index in [0.717, 1.165) is 19.5 Å². The van der Waals surface area contributed by atoms with Crippen LogP contribution in [-0.4, -0.2) is 18.6 Å². The highest BCUT2D eigenvalue weighted by Gasteiger charge is 2.40. The zero-order chi connectivity index (χ0) is 12.5. The minimum atomic E-state index is 0.183. The third-order valence-corrected chi connectivity index (χ3v) is 4.34. The van der Waals surface area contributed by atoms with Gasteiger partial charge in [-0.05, 0) is 56.8 Å². The third-order valence-electron chi connectivity index (χ3n) is 4.34. The van der Waals surface area contributed by atoms with Crippen molar-refractivity contribution < 1.29 is 0 Å². The Labute approximate surface area is 105 Å². The lowest BCUT2D eigenvalue weighted by atomic mass is 9.88. The van der Waals surface area contributed by atoms with Gasteiger partial charge in [-0.25, -0.2) is 0 Å². The highest BCUT2D eigenvalue weighted by atomic mass is 15.2. The Morgan fingerprint density at radius 1 is 1.29 bits per heavy atom. The van der Waals surface area contributed by atoms with Gasteiger partial charge < -0.3 is 10.6 Å². The molecule has 0 amide bonds. The fraction of sp³-hybridized carbons (Fsp3) is 0.600. The van der Waals surface area contributed by atoms with Gasteiger partial charge in [-0.15, -0.1) is 0 Å². The van der Waals surface area contributed by atoms with E-state index in [9.17, 15) is 0 Å². The predicted octanol–water partition coefficient (Wildman–Crippen LogP) is 2.81. The molecule has 1 atom stereocenters. The van der Waals surface area contributed by atoms with E-state index in [1.54, 1.807) is 0 Å². The molecule has 0 saturated carbocycles. The number of benzene rings is 1. The lowest BCUT2D eigenvalue weighted by molar-refractivity contribution is 0.374. The standard InChI is InChI=1S/C15H24N2/c1-4-12-5-7-14(8-6-12)17-10-9-13(11-16)15(17,2)3/h5-8,13H,4,9-11,16H2,1-3H3. The van der Waals surface area contributed by atoms with Crippen LogP contribution in [0.25, 0.3) is 0 Å². The Balaban J connectivity index is 2.22. The molecule has 0 bridgehead atoms. The van der Waals surface area contributed by atoms with Gasteiger partial charge in [-0.2, -0.15) is 0 Å². The summed E-state index contributed by atoms with van der Waals surface area (Å²) in [6.07, 6.45) is 2.31. The van der Waals surface area contributed by atoms with Gasteiger partial charge in [0, 0.05) is 17.8 Å². The average Bonchev–Trinajstić information content (AvgIpc) is 2.64. The first-order valence-corrected chi connectivity index (χ1v) is 6.66. The van der Waals surface area contributed by atoms with E-state index >= 15 is 0 Å². The van der Waals surface area contributed by atoms with E-state index in [0.29, 0.717) is 5.92 Å². The number of hydrogen-bond donors (Lipinski definition) is 1. The molecule has 2 nitrogen and oxygen atoms in total. The second kappa shape index (κ2) is 4.69. The Bertz CT molecular complexity index is 367. The number of nitrogens with zero attached hydrogens (tertiary/aromatic N) is 1. The summed E-state index contributed by atoms with van der Waals surface area (Å²) in [5.74, 6) is 0.605. The van der Waals surface area contributed by atoms with Crippen molar-refractivity contribution in [1.82, 2.24) is 0 Å². The Hall–Kier alpha value is -1.02. The number of hydrogen-bond acceptors (Lipinski definition) is 2. The first kappa shape index (κ1) is 12.4. The molecule has 2 heteroatoms. The molecule has 17 heavy (non-hydrogen) atoms. The Morgan fingerprint density at radius 3 is 2.41 bits per heavy atom. The summed E-state index contributed by atoms with van der Waals surface area (Å²) >= 11 is 0. The molecule has 2 N–H and O–H groups in total. The number of anilines is 1. The van der Waals surface area contributed by atoms with E-state index < -0.39 is 0 Å². The topological polar surface area (TPSA) is 29.3 Å². The molecule has 1 unspecified atom stereocenters. The van der Waals surface area contributed by atoms with Crippen molar-refractivity contribution in [2.24, 2.45) is 11.7 Å². The molecule has 2 rings (SSSR count). The molecule has 0 aromatic heterocycles. The molecule has 1 aliphatic rings. The van der Waals surface area contributed by atoms with E-state index in [1.165, 1.54) is 17.7 Å². The van der Waals surface area contributed by atoms with Crippen LogP contribution >= 0.6 is 0 Å². The van der Waals surface area contributed by atoms with Gasteiger partial charge in [0.2, 0.25) is 0 Å². The molecule has 1 fully saturated rings. The lowest BCUT2D eigenvalue weighted by Gasteiger charge is -2.37. The quantitative estimate of drug-likeness (QED) is 0.868. The van der Waals surface area contributed by atoms with Gasteiger partial charge in [0.1, 0.15) is 0 Å². The second-order valence-corrected chi connectivity index (χ2v) is 5.55. The van der Waals surface area contributed by atoms with E-state index in [-0.39, 0.29) is 5.54 Å². The Morgan fingerprint density at radius 2 is 1.94 bits per heavy atom. The highest BCUT2D eigenvalue weighted by molar-refractivity contribution is 5.51. The molecule has 0 radical (unpaired) electrons. The van der Waals surface area contributed by atoms with Crippen LogP contribution in [0.1, 0.15) is 32.8 Å². The SMILES string of the molecule is CCc1ccc(N2CCC(CN)C2(C)C)cc1. The number of nitrogens with two attached hydrogens (primary N) is 1. The van der Waals surface area contributed by atoms with E-state index in [1.807, 2.05) is 0 Å². The molecule has 94 valence electrons. The van der Waals surface area contributed by atoms with Crippen molar-refractivity contribution in [1.29, 1.82) is 0 Å². The lowest BCUT2D eigenvalue weighted by Crippen LogP contribution is -2.44. The van der Waals surface area contributed by atoms with Gasteiger partial charge >= 0.3 is 0 Å². The maximum absolute atomic E-state index is 5.87. The van der Waals surface area contributed by atoms with Gasteiger partial charge in [-0.3, -0.25) is 0 Å². The van der Waals surface area contributed by atoms with Gasteiger partial charge in [0.05, 0.1) is 0 Å². The number of aryl methyl sites for hydroxylation is 1. The predicted molar refractivity (Wildman–Crippen MR) is 74.4 cm³/mol. The van der Waals surface area contributed by atoms with Gasteiger partial charge in [0.25, 0.3) is 0 Å². The van der Waals surface area contributed by atoms with Crippen molar-refractivity contribution in [3.05, 3.63) is 29.8 Å². The molecule has 1 aliphatic heterocycles. The molecular weight excluding hydrogens is 208 g/mol. The zero-order valence-corrected chi connectivity index (χ0v) is 11.2. The number of rotatable bonds is 3. The van der Waals surface area contributed by atoms with Gasteiger partial charge in [0.15, 0.2) is 0 Å². The third kappa shape index (κ3) is 2.19. The molecular formula is C15H24N2. The van der Waals surface area contributed by atoms with Crippen molar-refractivity contribution in [3.63, 3.8) is 0 Å². The first-order chi connectivity index (χ1) is 8.09. The van der Waals surface area contributed by atoms with Crippen molar-refractivity contribution >= 4 is 5.69 Å². The van der Waals surface area contributed by atoms with Crippen LogP contribution in [0.2, 0.25) is 0 Å². The molecule has 0 aliphatic carbocycles. The largest absolute Gasteiger partial charge is 0.366 e. The fourth-order valence-corrected chi connectivity index (χ4v) is 2.93. The first-order valence-electron chi connectivity index (χ1n) is 6.66. The van der Waals surface area contributed by atoms with Crippen molar-refractivity contribution in [3.8, 4) is 0 Å². The van der Waals surface area contributed by atoms with Gasteiger partial charge in [-0.1, -0.05) is 19.1 Å². The summed E-state index contributed by atoms with van der Waals surface area (Å²) in [7, 11) is 0. The zero-order valence-electron chi connectivity index (χ0n) is 11.2. The summed E-state index contributed by atoms with van der Waals surface area (Å²) in [6.45, 7) is 8.73. The van der Waals surface area contributed by atoms with Crippen LogP contribution in [0.5, 0.6) is 0 Å². The van der Waals surface area contributed by atoms with Crippen LogP contribution < -0.4 is 10.6 Å². The van der Waals surface area contributed by atoms with E-state index in [2.05, 4.69) is 49.9 Å². The average molecular weight is 232 g/mol. The summed E-state index contributed by atoms with van der Waals surface area (Å²) in [4.78, 5) is 2.50. The van der Waals surface area contributed by atoms with Crippen molar-refractivity contribution in [2.75, 3.05) is 18.0 Å². The minimum Gasteiger partial charge on any atom is -0.366 e. The summed E-state index contributed by atoms with van der Waals surface area (Å²) in [5.41, 5.74) is 8.79. The molecule has 1 aromatic rings. The van der Waals surface area contributed by atoms with Crippen LogP contribution in [0.15, 0.2) is 24.3 Å². The normalized spacial score (nSPS) is 23.1. The molecule has 1 saturated heterocycles. The van der Waals surface area contributed by atoms with Crippen LogP contribution in [0.4, 0.5) is 5.69 Å². The monoisotopic (exact) mass is 232 g/mol. The maximum atomic E-state index is 5.87. The molecule has 0 spiro atoms. The molecule has 1 aromatic carbocycles. The minimum absolute atomic E-state index is 0.183. The van der Waals surface area contributed by atoms with Crippen LogP contribution in [0, 0.1) is 5.92 Å². The highest BCUT2D eigenvalue weighted by Crippen LogP contribution is 2.37. The molecule has 1 heterocycles. The van der Waals surface area contributed by atoms with Crippen LogP contribution in [-0.2, 0) is 6.42 Å². The van der Waals surface area contributed by atoms with E-state index in [4.69, 9.17) is 5.73 Å². The fourth-order valence-electron chi connectivity index (χ4n) is 2.93. The van der Waals surface area contributed by atoms with Crippen LogP contribution in [0.3, 0.4) is 0 Å². The smallest absolute Gasteiger partial charge is 0.0386 e. The second-order valence-electron chi connectivity index (χ2n) is 5.55. The summed E-state index contributed by atoms with van der Waals surface area (Å²) in [6, 6.07) is 8.97. The maximum Gasteiger partial charge on any atom is 0.0386 e. The Kier molecular flexibility index (Phi) is 3.43. The van der Waals surface area contributed by atoms with Crippen molar-refractivity contribution in [2.45, 2.75) is 39.2 Å².